The minimum atomic E-state index is -3.33. The van der Waals surface area contributed by atoms with Gasteiger partial charge in [-0.05, 0) is 94.7 Å². The van der Waals surface area contributed by atoms with Crippen LogP contribution in [0, 0.1) is 6.92 Å². The van der Waals surface area contributed by atoms with Crippen LogP contribution in [0.5, 0.6) is 0 Å². The smallest absolute Gasteiger partial charge is 0.308 e. The maximum Gasteiger partial charge on any atom is 0.323 e. The largest absolute Gasteiger partial charge is 0.323 e. The van der Waals surface area contributed by atoms with Gasteiger partial charge in [-0.15, -0.1) is 0 Å². The Hall–Kier alpha value is -4.94. The quantitative estimate of drug-likeness (QED) is 0.151. The Bertz CT molecular complexity index is 2070. The van der Waals surface area contributed by atoms with Crippen molar-refractivity contribution in [2.24, 2.45) is 0 Å². The molecule has 5 rings (SSSR count). The molecule has 0 bridgehead atoms. The number of amides is 4. The van der Waals surface area contributed by atoms with Crippen LogP contribution in [0.1, 0.15) is 5.56 Å². The van der Waals surface area contributed by atoms with Crippen LogP contribution in [0.15, 0.2) is 101 Å². The van der Waals surface area contributed by atoms with Gasteiger partial charge in [-0.3, -0.25) is 0 Å². The van der Waals surface area contributed by atoms with Crippen molar-refractivity contribution < 1.29 is 26.4 Å². The van der Waals surface area contributed by atoms with E-state index in [4.69, 9.17) is 0 Å². The molecule has 5 aromatic rings. The molecule has 0 spiro atoms. The van der Waals surface area contributed by atoms with Gasteiger partial charge in [0.15, 0.2) is 20.5 Å². The number of fused-ring (bicyclic) bond motifs is 2. The second-order valence-electron chi connectivity index (χ2n) is 9.69. The predicted octanol–water partition coefficient (Wildman–Crippen LogP) is 5.96. The van der Waals surface area contributed by atoms with Crippen molar-refractivity contribution in [3.63, 3.8) is 0 Å². The van der Waals surface area contributed by atoms with Crippen LogP contribution in [0.4, 0.5) is 32.3 Å². The van der Waals surface area contributed by atoms with E-state index in [1.165, 1.54) is 12.1 Å². The first-order valence-electron chi connectivity index (χ1n) is 12.6. The van der Waals surface area contributed by atoms with E-state index in [2.05, 4.69) is 21.3 Å². The van der Waals surface area contributed by atoms with Gasteiger partial charge in [0.05, 0.1) is 9.79 Å². The fourth-order valence-electron chi connectivity index (χ4n) is 4.37. The molecule has 42 heavy (non-hydrogen) atoms. The number of sulfone groups is 1. The van der Waals surface area contributed by atoms with Gasteiger partial charge in [-0.25, -0.2) is 26.4 Å². The van der Waals surface area contributed by atoms with Crippen LogP contribution in [0.2, 0.25) is 0 Å². The van der Waals surface area contributed by atoms with E-state index in [9.17, 15) is 26.4 Å². The molecule has 10 nitrogen and oxygen atoms in total. The molecule has 0 aliphatic rings. The van der Waals surface area contributed by atoms with Gasteiger partial charge in [0.2, 0.25) is 0 Å². The van der Waals surface area contributed by atoms with Crippen molar-refractivity contribution in [3.05, 3.63) is 96.6 Å². The minimum Gasteiger partial charge on any atom is -0.308 e. The number of anilines is 4. The summed E-state index contributed by atoms with van der Waals surface area (Å²) in [7, 11) is -6.01. The normalized spacial score (nSPS) is 11.4. The van der Waals surface area contributed by atoms with E-state index < -0.39 is 32.6 Å². The summed E-state index contributed by atoms with van der Waals surface area (Å²) in [6, 6.07) is 23.9. The molecule has 4 amide bonds. The topological polar surface area (TPSA) is 151 Å². The highest BCUT2D eigenvalue weighted by Crippen LogP contribution is 2.25. The molecule has 0 aromatic heterocycles. The monoisotopic (exact) mass is 602 g/mol. The van der Waals surface area contributed by atoms with E-state index >= 15 is 0 Å². The highest BCUT2D eigenvalue weighted by molar-refractivity contribution is 7.90. The third-order valence-electron chi connectivity index (χ3n) is 6.53. The summed E-state index contributed by atoms with van der Waals surface area (Å²) in [5.41, 5.74) is 2.75. The lowest BCUT2D eigenvalue weighted by atomic mass is 10.1. The minimum absolute atomic E-state index is 0.218. The standard InChI is InChI=1S/C30H26N4O6S2/c1-18-3-8-25(33-29(35)31-23-9-4-21-15-26(41(37)38)11-6-19(21)13-23)17-28(18)34-30(36)32-24-10-5-22-16-27(42(2,39)40)12-7-20(22)14-24/h3-17,41H,1-2H3,(H2,31,33,35)(H2,32,34,36). The molecule has 0 fully saturated rings. The fraction of sp³-hybridized carbons (Fsp3) is 0.0667. The number of hydrogen-bond acceptors (Lipinski definition) is 6. The maximum absolute atomic E-state index is 12.8. The van der Waals surface area contributed by atoms with Gasteiger partial charge in [0, 0.05) is 29.0 Å². The van der Waals surface area contributed by atoms with Gasteiger partial charge >= 0.3 is 12.1 Å². The number of thiol groups is 1. The number of carbonyl (C=O) groups is 2. The number of aryl methyl sites for hydroxylation is 1. The lowest BCUT2D eigenvalue weighted by Gasteiger charge is -2.13. The van der Waals surface area contributed by atoms with E-state index in [0.717, 1.165) is 33.4 Å². The van der Waals surface area contributed by atoms with Gasteiger partial charge in [-0.2, -0.15) is 0 Å². The zero-order chi connectivity index (χ0) is 30.0. The summed E-state index contributed by atoms with van der Waals surface area (Å²) in [4.78, 5) is 25.9. The summed E-state index contributed by atoms with van der Waals surface area (Å²) in [6.45, 7) is 1.82. The zero-order valence-electron chi connectivity index (χ0n) is 22.5. The van der Waals surface area contributed by atoms with Crippen LogP contribution in [0.25, 0.3) is 21.5 Å². The summed E-state index contributed by atoms with van der Waals surface area (Å²) in [5.74, 6) is 0. The van der Waals surface area contributed by atoms with Gasteiger partial charge < -0.3 is 21.3 Å². The molecule has 12 heteroatoms. The van der Waals surface area contributed by atoms with Crippen molar-refractivity contribution >= 4 is 76.9 Å². The van der Waals surface area contributed by atoms with Crippen LogP contribution in [-0.4, -0.2) is 35.2 Å². The Labute approximate surface area is 243 Å². The Kier molecular flexibility index (Phi) is 7.83. The first-order chi connectivity index (χ1) is 19.9. The Morgan fingerprint density at radius 2 is 1.07 bits per heavy atom. The molecule has 0 radical (unpaired) electrons. The average molecular weight is 603 g/mol. The molecule has 5 aromatic carbocycles. The highest BCUT2D eigenvalue weighted by atomic mass is 32.2. The van der Waals surface area contributed by atoms with Crippen LogP contribution in [-0.2, 0) is 20.5 Å². The van der Waals surface area contributed by atoms with Crippen molar-refractivity contribution in [2.45, 2.75) is 16.7 Å². The SMILES string of the molecule is Cc1ccc(NC(=O)Nc2ccc3cc([SH](=O)=O)ccc3c2)cc1NC(=O)Nc1ccc2cc(S(C)(=O)=O)ccc2c1. The first kappa shape index (κ1) is 28.6. The van der Waals surface area contributed by atoms with Gasteiger partial charge in [-0.1, -0.05) is 30.3 Å². The number of hydrogen-bond donors (Lipinski definition) is 5. The molecular formula is C30H26N4O6S2. The second kappa shape index (κ2) is 11.5. The number of carbonyl (C=O) groups excluding carboxylic acids is 2. The number of urea groups is 2. The fourth-order valence-corrected chi connectivity index (χ4v) is 5.47. The lowest BCUT2D eigenvalue weighted by molar-refractivity contribution is 0.261. The third kappa shape index (κ3) is 6.67. The molecule has 0 unspecified atom stereocenters. The van der Waals surface area contributed by atoms with E-state index in [-0.39, 0.29) is 9.79 Å². The zero-order valence-corrected chi connectivity index (χ0v) is 24.2. The van der Waals surface area contributed by atoms with E-state index in [1.54, 1.807) is 78.9 Å². The third-order valence-corrected chi connectivity index (χ3v) is 8.34. The molecule has 4 N–H and O–H groups in total. The Morgan fingerprint density at radius 3 is 1.67 bits per heavy atom. The number of benzene rings is 5. The van der Waals surface area contributed by atoms with Crippen molar-refractivity contribution in [3.8, 4) is 0 Å². The van der Waals surface area contributed by atoms with Crippen LogP contribution in [0.3, 0.4) is 0 Å². The average Bonchev–Trinajstić information content (AvgIpc) is 2.93. The molecular weight excluding hydrogens is 576 g/mol. The molecule has 214 valence electrons. The first-order valence-corrected chi connectivity index (χ1v) is 15.7. The molecule has 0 saturated carbocycles. The summed E-state index contributed by atoms with van der Waals surface area (Å²) < 4.78 is 46.1. The summed E-state index contributed by atoms with van der Waals surface area (Å²) >= 11 is 0. The van der Waals surface area contributed by atoms with Crippen molar-refractivity contribution in [1.29, 1.82) is 0 Å². The van der Waals surface area contributed by atoms with Gasteiger partial charge in [0.25, 0.3) is 0 Å². The Balaban J connectivity index is 1.23. The van der Waals surface area contributed by atoms with E-state index in [1.807, 2.05) is 6.92 Å². The predicted molar refractivity (Wildman–Crippen MR) is 166 cm³/mol. The molecule has 0 heterocycles. The second-order valence-corrected chi connectivity index (χ2v) is 12.7. The Morgan fingerprint density at radius 1 is 0.595 bits per heavy atom. The van der Waals surface area contributed by atoms with Crippen molar-refractivity contribution in [2.75, 3.05) is 27.5 Å². The summed E-state index contributed by atoms with van der Waals surface area (Å²) in [6.07, 6.45) is 1.15. The number of nitrogens with one attached hydrogen (secondary N) is 4. The molecule has 0 saturated heterocycles. The maximum atomic E-state index is 12.8. The van der Waals surface area contributed by atoms with Crippen molar-refractivity contribution in [1.82, 2.24) is 0 Å². The molecule has 0 aliphatic carbocycles. The highest BCUT2D eigenvalue weighted by Gasteiger charge is 2.11. The van der Waals surface area contributed by atoms with Gasteiger partial charge in [0.1, 0.15) is 0 Å². The lowest BCUT2D eigenvalue weighted by Crippen LogP contribution is -2.21. The summed E-state index contributed by atoms with van der Waals surface area (Å²) in [5, 5.41) is 14.0. The molecule has 0 atom stereocenters. The van der Waals surface area contributed by atoms with E-state index in [0.29, 0.717) is 22.7 Å². The number of rotatable bonds is 6. The van der Waals surface area contributed by atoms with Crippen LogP contribution < -0.4 is 21.3 Å². The van der Waals surface area contributed by atoms with Crippen LogP contribution >= 0.6 is 0 Å². The molecule has 0 aliphatic heterocycles.